The van der Waals surface area contributed by atoms with Crippen LogP contribution in [-0.2, 0) is 35.4 Å². The molecule has 0 fully saturated rings. The quantitative estimate of drug-likeness (QED) is 0.385. The first kappa shape index (κ1) is 30.3. The molecule has 1 aromatic heterocycles. The molecule has 1 aliphatic heterocycles. The van der Waals surface area contributed by atoms with Crippen LogP contribution < -0.4 is 5.73 Å². The van der Waals surface area contributed by atoms with Gasteiger partial charge >= 0.3 is 12.1 Å². The van der Waals surface area contributed by atoms with Gasteiger partial charge in [-0.3, -0.25) is 9.59 Å². The van der Waals surface area contributed by atoms with Gasteiger partial charge in [0, 0.05) is 29.6 Å². The second kappa shape index (κ2) is 11.5. The van der Waals surface area contributed by atoms with E-state index in [2.05, 4.69) is 52.1 Å². The Balaban J connectivity index is 0.000000532. The van der Waals surface area contributed by atoms with Gasteiger partial charge in [-0.25, -0.2) is 4.79 Å². The van der Waals surface area contributed by atoms with Gasteiger partial charge in [-0.15, -0.1) is 11.3 Å². The predicted molar refractivity (Wildman–Crippen MR) is 146 cm³/mol. The minimum absolute atomic E-state index is 0.119. The molecular weight excluding hydrogens is 529 g/mol. The first-order valence-corrected chi connectivity index (χ1v) is 13.4. The van der Waals surface area contributed by atoms with Crippen molar-refractivity contribution in [2.75, 3.05) is 20.1 Å². The second-order valence-electron chi connectivity index (χ2n) is 11.5. The number of likely N-dealkylation sites (N-methyl/N-ethyl adjacent to an activating group) is 1. The van der Waals surface area contributed by atoms with Crippen LogP contribution in [0.15, 0.2) is 42.5 Å². The number of rotatable bonds is 6. The maximum atomic E-state index is 13.0. The average molecular weight is 564 g/mol. The number of carboxylic acid groups (broad SMARTS) is 1. The van der Waals surface area contributed by atoms with Crippen molar-refractivity contribution in [3.63, 3.8) is 0 Å². The number of benzene rings is 2. The molecule has 3 N–H and O–H groups in total. The molecule has 0 radical (unpaired) electrons. The number of thiophene rings is 1. The molecule has 0 bridgehead atoms. The van der Waals surface area contributed by atoms with Crippen LogP contribution in [0.25, 0.3) is 10.8 Å². The number of nitrogens with two attached hydrogens (primary N) is 1. The van der Waals surface area contributed by atoms with Gasteiger partial charge in [0.1, 0.15) is 12.3 Å². The highest BCUT2D eigenvalue weighted by Crippen LogP contribution is 2.37. The summed E-state index contributed by atoms with van der Waals surface area (Å²) in [7, 11) is 2.29. The highest BCUT2D eigenvalue weighted by molar-refractivity contribution is 7.12. The molecule has 1 unspecified atom stereocenters. The monoisotopic (exact) mass is 563 g/mol. The van der Waals surface area contributed by atoms with Crippen molar-refractivity contribution in [1.29, 1.82) is 0 Å². The molecule has 39 heavy (non-hydrogen) atoms. The van der Waals surface area contributed by atoms with Crippen molar-refractivity contribution in [2.24, 2.45) is 11.1 Å². The molecule has 10 heteroatoms. The summed E-state index contributed by atoms with van der Waals surface area (Å²) >= 11 is 1.62. The van der Waals surface area contributed by atoms with Crippen LogP contribution in [0, 0.1) is 5.41 Å². The fourth-order valence-electron chi connectivity index (χ4n) is 5.28. The van der Waals surface area contributed by atoms with Crippen LogP contribution in [0.4, 0.5) is 13.2 Å². The second-order valence-corrected chi connectivity index (χ2v) is 12.7. The Morgan fingerprint density at radius 1 is 1.03 bits per heavy atom. The minimum Gasteiger partial charge on any atom is -0.475 e. The molecule has 2 aromatic carbocycles. The molecular formula is C29H34F3N2O4S+. The molecule has 1 aliphatic rings. The lowest BCUT2D eigenvalue weighted by Gasteiger charge is -2.41. The number of hydrogen-bond acceptors (Lipinski definition) is 4. The standard InChI is InChI=1S/C27H32N2O2S.C2HF3O2/c1-27(2,3)17-29(4)12-11-22-24(16-29)32-23(25(22)26(28)31)15-21(30)14-18-9-10-19-7-5-6-8-20(19)13-18;3-2(4,5)1(6)7/h5-10,13H,11-12,14-17H2,1-4H3,(H-,28,31);(H,6,7)/p+1. The zero-order valence-electron chi connectivity index (χ0n) is 22.5. The highest BCUT2D eigenvalue weighted by atomic mass is 32.1. The highest BCUT2D eigenvalue weighted by Gasteiger charge is 2.38. The summed E-state index contributed by atoms with van der Waals surface area (Å²) in [4.78, 5) is 36.3. The van der Waals surface area contributed by atoms with Gasteiger partial charge in [-0.05, 0) is 21.9 Å². The zero-order chi connectivity index (χ0) is 29.2. The van der Waals surface area contributed by atoms with E-state index in [1.54, 1.807) is 11.3 Å². The van der Waals surface area contributed by atoms with Gasteiger partial charge in [-0.2, -0.15) is 13.2 Å². The number of carbonyl (C=O) groups is 3. The molecule has 0 spiro atoms. The fourth-order valence-corrected chi connectivity index (χ4v) is 6.84. The maximum absolute atomic E-state index is 13.0. The van der Waals surface area contributed by atoms with Crippen molar-refractivity contribution >= 4 is 39.8 Å². The van der Waals surface area contributed by atoms with E-state index in [-0.39, 0.29) is 17.6 Å². The van der Waals surface area contributed by atoms with E-state index in [1.165, 1.54) is 10.3 Å². The van der Waals surface area contributed by atoms with Crippen LogP contribution >= 0.6 is 11.3 Å². The Hall–Kier alpha value is -3.24. The Bertz CT molecular complexity index is 1390. The third-order valence-electron chi connectivity index (χ3n) is 6.51. The van der Waals surface area contributed by atoms with Crippen LogP contribution in [0.2, 0.25) is 0 Å². The van der Waals surface area contributed by atoms with Crippen molar-refractivity contribution in [3.8, 4) is 0 Å². The summed E-state index contributed by atoms with van der Waals surface area (Å²) in [6.45, 7) is 9.78. The van der Waals surface area contributed by atoms with Gasteiger partial charge in [0.25, 0.3) is 0 Å². The lowest BCUT2D eigenvalue weighted by Crippen LogP contribution is -2.51. The Labute approximate surface area is 229 Å². The third-order valence-corrected chi connectivity index (χ3v) is 7.73. The van der Waals surface area contributed by atoms with Crippen molar-refractivity contribution in [2.45, 2.75) is 52.8 Å². The first-order valence-electron chi connectivity index (χ1n) is 12.5. The maximum Gasteiger partial charge on any atom is 0.490 e. The summed E-state index contributed by atoms with van der Waals surface area (Å²) in [6, 6.07) is 14.3. The van der Waals surface area contributed by atoms with E-state index >= 15 is 0 Å². The summed E-state index contributed by atoms with van der Waals surface area (Å²) in [5.41, 5.74) is 8.72. The number of alkyl halides is 3. The number of nitrogens with zero attached hydrogens (tertiary/aromatic N) is 1. The molecule has 210 valence electrons. The number of Topliss-reactive ketones (excluding diaryl/α,β-unsaturated/α-hetero) is 1. The average Bonchev–Trinajstić information content (AvgIpc) is 3.13. The number of carboxylic acids is 1. The van der Waals surface area contributed by atoms with E-state index in [1.807, 2.05) is 18.2 Å². The van der Waals surface area contributed by atoms with E-state index < -0.39 is 18.1 Å². The summed E-state index contributed by atoms with van der Waals surface area (Å²) < 4.78 is 32.7. The number of amides is 1. The van der Waals surface area contributed by atoms with Crippen molar-refractivity contribution < 1.29 is 37.1 Å². The molecule has 0 saturated heterocycles. The summed E-state index contributed by atoms with van der Waals surface area (Å²) in [6.07, 6.45) is -3.61. The smallest absolute Gasteiger partial charge is 0.475 e. The fraction of sp³-hybridized carbons (Fsp3) is 0.414. The number of fused-ring (bicyclic) bond motifs is 2. The van der Waals surface area contributed by atoms with E-state index in [4.69, 9.17) is 15.6 Å². The van der Waals surface area contributed by atoms with Crippen LogP contribution in [0.1, 0.15) is 52.0 Å². The Kier molecular flexibility index (Phi) is 8.92. The zero-order valence-corrected chi connectivity index (χ0v) is 23.3. The number of halogens is 3. The molecule has 1 amide bonds. The topological polar surface area (TPSA) is 97.5 Å². The first-order chi connectivity index (χ1) is 18.0. The third kappa shape index (κ3) is 8.12. The molecule has 4 rings (SSSR count). The number of hydrogen-bond donors (Lipinski definition) is 2. The van der Waals surface area contributed by atoms with Gasteiger partial charge in [0.15, 0.2) is 0 Å². The summed E-state index contributed by atoms with van der Waals surface area (Å²) in [5.74, 6) is -3.04. The minimum atomic E-state index is -5.08. The summed E-state index contributed by atoms with van der Waals surface area (Å²) in [5, 5.41) is 9.43. The largest absolute Gasteiger partial charge is 0.490 e. The predicted octanol–water partition coefficient (Wildman–Crippen LogP) is 5.54. The number of ketones is 1. The molecule has 6 nitrogen and oxygen atoms in total. The molecule has 2 heterocycles. The van der Waals surface area contributed by atoms with E-state index in [0.29, 0.717) is 12.0 Å². The van der Waals surface area contributed by atoms with Gasteiger partial charge < -0.3 is 15.3 Å². The van der Waals surface area contributed by atoms with Gasteiger partial charge in [-0.1, -0.05) is 63.2 Å². The lowest BCUT2D eigenvalue weighted by atomic mass is 9.92. The van der Waals surface area contributed by atoms with Gasteiger partial charge in [0.2, 0.25) is 5.91 Å². The molecule has 3 aromatic rings. The van der Waals surface area contributed by atoms with Gasteiger partial charge in [0.05, 0.1) is 30.6 Å². The van der Waals surface area contributed by atoms with Crippen LogP contribution in [-0.4, -0.2) is 53.6 Å². The molecule has 0 aliphatic carbocycles. The van der Waals surface area contributed by atoms with Crippen LogP contribution in [0.3, 0.4) is 0 Å². The lowest BCUT2D eigenvalue weighted by molar-refractivity contribution is -0.929. The van der Waals surface area contributed by atoms with E-state index in [0.717, 1.165) is 51.9 Å². The number of carbonyl (C=O) groups excluding carboxylic acids is 2. The van der Waals surface area contributed by atoms with Crippen molar-refractivity contribution in [1.82, 2.24) is 0 Å². The van der Waals surface area contributed by atoms with E-state index in [9.17, 15) is 22.8 Å². The Morgan fingerprint density at radius 2 is 1.64 bits per heavy atom. The number of primary amides is 1. The normalized spacial score (nSPS) is 17.2. The molecule has 1 atom stereocenters. The van der Waals surface area contributed by atoms with Crippen molar-refractivity contribution in [3.05, 3.63) is 68.9 Å². The Morgan fingerprint density at radius 3 is 2.21 bits per heavy atom. The molecule has 0 saturated carbocycles. The number of quaternary nitrogens is 1. The number of aliphatic carboxylic acids is 1. The van der Waals surface area contributed by atoms with Crippen LogP contribution in [0.5, 0.6) is 0 Å². The SMILES string of the molecule is CC(C)(C)C[N+]1(C)CCc2c(sc(CC(=O)Cc3ccc4ccccc4c3)c2C(N)=O)C1.O=C(O)C(F)(F)F.